The first-order valence-electron chi connectivity index (χ1n) is 6.21. The molecule has 20 heavy (non-hydrogen) atoms. The molecule has 108 valence electrons. The lowest BCUT2D eigenvalue weighted by molar-refractivity contribution is -0.137. The van der Waals surface area contributed by atoms with Crippen molar-refractivity contribution in [1.82, 2.24) is 9.91 Å². The van der Waals surface area contributed by atoms with Crippen LogP contribution in [0.25, 0.3) is 0 Å². The Hall–Kier alpha value is -1.78. The topological polar surface area (TPSA) is 42.3 Å². The van der Waals surface area contributed by atoms with Gasteiger partial charge < -0.3 is 10.3 Å². The van der Waals surface area contributed by atoms with Crippen LogP contribution in [0.4, 0.5) is 18.9 Å². The van der Waals surface area contributed by atoms with Crippen LogP contribution in [-0.4, -0.2) is 43.1 Å². The molecule has 7 heteroatoms. The summed E-state index contributed by atoms with van der Waals surface area (Å²) in [4.78, 5) is 2.17. The van der Waals surface area contributed by atoms with E-state index in [4.69, 9.17) is 5.26 Å². The molecule has 4 nitrogen and oxygen atoms in total. The van der Waals surface area contributed by atoms with Crippen molar-refractivity contribution in [3.8, 4) is 6.07 Å². The minimum Gasteiger partial charge on any atom is -0.319 e. The number of piperazine rings is 1. The molecule has 0 unspecified atom stereocenters. The minimum absolute atomic E-state index is 0.364. The number of hydrazine groups is 1. The zero-order valence-electron chi connectivity index (χ0n) is 11.0. The molecule has 0 aliphatic carbocycles. The molecule has 1 saturated heterocycles. The van der Waals surface area contributed by atoms with Gasteiger partial charge in [-0.1, -0.05) is 0 Å². The Balaban J connectivity index is 2.12. The predicted octanol–water partition coefficient (Wildman–Crippen LogP) is 2.15. The van der Waals surface area contributed by atoms with E-state index in [2.05, 4.69) is 10.3 Å². The van der Waals surface area contributed by atoms with Crippen molar-refractivity contribution in [3.63, 3.8) is 0 Å². The second-order valence-electron chi connectivity index (χ2n) is 4.77. The van der Waals surface area contributed by atoms with E-state index in [1.54, 1.807) is 6.07 Å². The fraction of sp³-hybridized carbons (Fsp3) is 0.462. The Labute approximate surface area is 115 Å². The van der Waals surface area contributed by atoms with Crippen LogP contribution < -0.4 is 5.43 Å². The van der Waals surface area contributed by atoms with Gasteiger partial charge in [0.1, 0.15) is 0 Å². The average molecular weight is 284 g/mol. The van der Waals surface area contributed by atoms with Crippen LogP contribution in [0.3, 0.4) is 0 Å². The number of halogens is 3. The lowest BCUT2D eigenvalue weighted by Crippen LogP contribution is -2.46. The van der Waals surface area contributed by atoms with Gasteiger partial charge in [0, 0.05) is 26.2 Å². The van der Waals surface area contributed by atoms with Crippen LogP contribution in [-0.2, 0) is 6.18 Å². The highest BCUT2D eigenvalue weighted by molar-refractivity contribution is 5.53. The van der Waals surface area contributed by atoms with Gasteiger partial charge in [0.15, 0.2) is 0 Å². The molecule has 0 radical (unpaired) electrons. The molecule has 0 atom stereocenters. The molecule has 0 bridgehead atoms. The lowest BCUT2D eigenvalue weighted by atomic mass is 10.1. The molecule has 1 heterocycles. The summed E-state index contributed by atoms with van der Waals surface area (Å²) in [7, 11) is 2.02. The Morgan fingerprint density at radius 3 is 2.40 bits per heavy atom. The maximum atomic E-state index is 12.7. The molecule has 1 N–H and O–H groups in total. The number of alkyl halides is 3. The van der Waals surface area contributed by atoms with Gasteiger partial charge in [-0.05, 0) is 25.2 Å². The van der Waals surface area contributed by atoms with Crippen LogP contribution in [0.15, 0.2) is 18.2 Å². The summed E-state index contributed by atoms with van der Waals surface area (Å²) in [5.41, 5.74) is 2.28. The monoisotopic (exact) mass is 284 g/mol. The van der Waals surface area contributed by atoms with Crippen molar-refractivity contribution >= 4 is 5.69 Å². The Kier molecular flexibility index (Phi) is 4.16. The van der Waals surface area contributed by atoms with E-state index < -0.39 is 11.7 Å². The van der Waals surface area contributed by atoms with Crippen LogP contribution in [0.2, 0.25) is 0 Å². The fourth-order valence-electron chi connectivity index (χ4n) is 2.05. The van der Waals surface area contributed by atoms with Crippen LogP contribution >= 0.6 is 0 Å². The molecular weight excluding hydrogens is 269 g/mol. The van der Waals surface area contributed by atoms with E-state index in [0.717, 1.165) is 32.2 Å². The average Bonchev–Trinajstić information content (AvgIpc) is 2.40. The maximum absolute atomic E-state index is 12.7. The first-order chi connectivity index (χ1) is 9.40. The normalized spacial score (nSPS) is 17.8. The smallest absolute Gasteiger partial charge is 0.319 e. The Morgan fingerprint density at radius 2 is 1.85 bits per heavy atom. The number of anilines is 1. The molecule has 1 aliphatic heterocycles. The van der Waals surface area contributed by atoms with E-state index in [9.17, 15) is 13.2 Å². The minimum atomic E-state index is -4.50. The number of nitriles is 1. The highest BCUT2D eigenvalue weighted by atomic mass is 19.4. The molecule has 1 aliphatic rings. The molecule has 0 spiro atoms. The standard InChI is InChI=1S/C13H15F3N4/c1-19-4-6-20(7-5-19)18-11-2-3-12(13(14,15)16)10(8-11)9-17/h2-3,8,18H,4-7H2,1H3. The zero-order chi connectivity index (χ0) is 14.8. The van der Waals surface area contributed by atoms with E-state index in [-0.39, 0.29) is 5.56 Å². The number of hydrogen-bond donors (Lipinski definition) is 1. The van der Waals surface area contributed by atoms with Crippen LogP contribution in [0, 0.1) is 11.3 Å². The van der Waals surface area contributed by atoms with E-state index in [1.807, 2.05) is 12.1 Å². The third kappa shape index (κ3) is 3.40. The summed E-state index contributed by atoms with van der Waals surface area (Å²) in [5.74, 6) is 0. The third-order valence-electron chi connectivity index (χ3n) is 3.24. The van der Waals surface area contributed by atoms with Crippen molar-refractivity contribution in [1.29, 1.82) is 5.26 Å². The van der Waals surface area contributed by atoms with Crippen molar-refractivity contribution in [2.24, 2.45) is 0 Å². The zero-order valence-corrected chi connectivity index (χ0v) is 11.0. The number of likely N-dealkylation sites (N-methyl/N-ethyl adjacent to an activating group) is 1. The summed E-state index contributed by atoms with van der Waals surface area (Å²) in [6.45, 7) is 3.33. The number of nitrogens with zero attached hydrogens (tertiary/aromatic N) is 3. The van der Waals surface area contributed by atoms with Gasteiger partial charge in [0.2, 0.25) is 0 Å². The van der Waals surface area contributed by atoms with Gasteiger partial charge in [-0.2, -0.15) is 18.4 Å². The molecule has 0 aromatic heterocycles. The molecule has 0 amide bonds. The van der Waals surface area contributed by atoms with Gasteiger partial charge in [-0.3, -0.25) is 0 Å². The quantitative estimate of drug-likeness (QED) is 0.903. The Bertz CT molecular complexity index is 513. The summed E-state index contributed by atoms with van der Waals surface area (Å²) < 4.78 is 38.0. The van der Waals surface area contributed by atoms with Crippen molar-refractivity contribution in [2.75, 3.05) is 38.7 Å². The molecule has 1 aromatic carbocycles. The fourth-order valence-corrected chi connectivity index (χ4v) is 2.05. The van der Waals surface area contributed by atoms with E-state index in [1.165, 1.54) is 12.1 Å². The molecule has 1 fully saturated rings. The summed E-state index contributed by atoms with van der Waals surface area (Å²) in [6, 6.07) is 5.13. The van der Waals surface area contributed by atoms with Gasteiger partial charge >= 0.3 is 6.18 Å². The van der Waals surface area contributed by atoms with Crippen LogP contribution in [0.5, 0.6) is 0 Å². The number of rotatable bonds is 2. The summed E-state index contributed by atoms with van der Waals surface area (Å²) >= 11 is 0. The number of hydrogen-bond acceptors (Lipinski definition) is 4. The van der Waals surface area contributed by atoms with Gasteiger partial charge in [-0.25, -0.2) is 5.01 Å². The van der Waals surface area contributed by atoms with Crippen molar-refractivity contribution in [2.45, 2.75) is 6.18 Å². The highest BCUT2D eigenvalue weighted by Gasteiger charge is 2.33. The predicted molar refractivity (Wildman–Crippen MR) is 68.9 cm³/mol. The Morgan fingerprint density at radius 1 is 1.20 bits per heavy atom. The molecule has 1 aromatic rings. The highest BCUT2D eigenvalue weighted by Crippen LogP contribution is 2.33. The van der Waals surface area contributed by atoms with Gasteiger partial charge in [0.25, 0.3) is 0 Å². The largest absolute Gasteiger partial charge is 0.417 e. The molecule has 2 rings (SSSR count). The molecule has 0 saturated carbocycles. The third-order valence-corrected chi connectivity index (χ3v) is 3.24. The van der Waals surface area contributed by atoms with E-state index in [0.29, 0.717) is 5.69 Å². The van der Waals surface area contributed by atoms with Gasteiger partial charge in [0.05, 0.1) is 22.9 Å². The second kappa shape index (κ2) is 5.69. The van der Waals surface area contributed by atoms with Crippen molar-refractivity contribution < 1.29 is 13.2 Å². The number of benzene rings is 1. The van der Waals surface area contributed by atoms with E-state index >= 15 is 0 Å². The summed E-state index contributed by atoms with van der Waals surface area (Å²) in [5, 5.41) is 10.8. The van der Waals surface area contributed by atoms with Gasteiger partial charge in [-0.15, -0.1) is 0 Å². The lowest BCUT2D eigenvalue weighted by Gasteiger charge is -2.33. The first-order valence-corrected chi connectivity index (χ1v) is 6.21. The molecular formula is C13H15F3N4. The second-order valence-corrected chi connectivity index (χ2v) is 4.77. The maximum Gasteiger partial charge on any atom is 0.417 e. The number of nitrogens with one attached hydrogen (secondary N) is 1. The first kappa shape index (κ1) is 14.6. The van der Waals surface area contributed by atoms with Crippen LogP contribution in [0.1, 0.15) is 11.1 Å². The van der Waals surface area contributed by atoms with Crippen molar-refractivity contribution in [3.05, 3.63) is 29.3 Å². The SMILES string of the molecule is CN1CCN(Nc2ccc(C(F)(F)F)c(C#N)c2)CC1. The summed E-state index contributed by atoms with van der Waals surface area (Å²) in [6.07, 6.45) is -4.50.